The first-order valence-electron chi connectivity index (χ1n) is 7.17. The van der Waals surface area contributed by atoms with Gasteiger partial charge in [0.1, 0.15) is 12.1 Å². The van der Waals surface area contributed by atoms with Crippen LogP contribution >= 0.6 is 0 Å². The predicted molar refractivity (Wildman–Crippen MR) is 80.6 cm³/mol. The van der Waals surface area contributed by atoms with Crippen molar-refractivity contribution in [3.8, 4) is 0 Å². The van der Waals surface area contributed by atoms with Crippen LogP contribution in [0.2, 0.25) is 0 Å². The molecule has 0 bridgehead atoms. The number of carbonyl (C=O) groups is 3. The Kier molecular flexibility index (Phi) is 5.02. The summed E-state index contributed by atoms with van der Waals surface area (Å²) in [5, 5.41) is 4.77. The topological polar surface area (TPSA) is 87.7 Å². The van der Waals surface area contributed by atoms with E-state index in [-0.39, 0.29) is 12.3 Å². The van der Waals surface area contributed by atoms with Crippen molar-refractivity contribution >= 4 is 23.5 Å². The monoisotopic (exact) mass is 359 g/mol. The van der Waals surface area contributed by atoms with Crippen LogP contribution in [0.4, 0.5) is 23.7 Å². The zero-order chi connectivity index (χ0) is 18.8. The van der Waals surface area contributed by atoms with Gasteiger partial charge < -0.3 is 15.4 Å². The standard InChI is InChI=1S/C15H16F3N3O4/c1-14(8-25-2)12(23)21(13(24)20-14)7-11(22)19-10-5-3-9(4-6-10)15(16,17)18/h3-6H,7-8H2,1-2H3,(H,19,22)(H,20,24)/t14-/m0/s1. The number of anilines is 1. The fourth-order valence-electron chi connectivity index (χ4n) is 2.36. The minimum absolute atomic E-state index is 0.0609. The van der Waals surface area contributed by atoms with Crippen molar-refractivity contribution in [2.75, 3.05) is 25.6 Å². The van der Waals surface area contributed by atoms with Crippen LogP contribution in [0.3, 0.4) is 0 Å². The molecule has 1 heterocycles. The lowest BCUT2D eigenvalue weighted by Crippen LogP contribution is -2.48. The minimum atomic E-state index is -4.48. The van der Waals surface area contributed by atoms with Gasteiger partial charge in [-0.2, -0.15) is 13.2 Å². The molecular formula is C15H16F3N3O4. The van der Waals surface area contributed by atoms with Crippen LogP contribution in [0.1, 0.15) is 12.5 Å². The van der Waals surface area contributed by atoms with Crippen molar-refractivity contribution in [2.24, 2.45) is 0 Å². The maximum atomic E-state index is 12.5. The molecule has 0 radical (unpaired) electrons. The van der Waals surface area contributed by atoms with Crippen LogP contribution in [0.15, 0.2) is 24.3 Å². The molecule has 7 nitrogen and oxygen atoms in total. The van der Waals surface area contributed by atoms with Gasteiger partial charge in [-0.25, -0.2) is 4.79 Å². The summed E-state index contributed by atoms with van der Waals surface area (Å²) in [6, 6.07) is 3.06. The van der Waals surface area contributed by atoms with Crippen molar-refractivity contribution in [3.05, 3.63) is 29.8 Å². The molecule has 25 heavy (non-hydrogen) atoms. The summed E-state index contributed by atoms with van der Waals surface area (Å²) in [6.07, 6.45) is -4.48. The van der Waals surface area contributed by atoms with E-state index in [2.05, 4.69) is 10.6 Å². The van der Waals surface area contributed by atoms with E-state index in [1.165, 1.54) is 14.0 Å². The Bertz CT molecular complexity index is 690. The molecule has 1 aromatic rings. The number of halogens is 3. The number of nitrogens with one attached hydrogen (secondary N) is 2. The van der Waals surface area contributed by atoms with E-state index in [1.807, 2.05) is 0 Å². The van der Waals surface area contributed by atoms with Crippen LogP contribution in [0.5, 0.6) is 0 Å². The van der Waals surface area contributed by atoms with Crippen LogP contribution in [0, 0.1) is 0 Å². The Morgan fingerprint density at radius 2 is 1.88 bits per heavy atom. The molecule has 0 aliphatic carbocycles. The average molecular weight is 359 g/mol. The third-order valence-electron chi connectivity index (χ3n) is 3.58. The molecule has 1 saturated heterocycles. The molecule has 1 aromatic carbocycles. The molecule has 1 fully saturated rings. The first-order chi connectivity index (χ1) is 11.6. The zero-order valence-corrected chi connectivity index (χ0v) is 13.4. The second-order valence-electron chi connectivity index (χ2n) is 5.71. The van der Waals surface area contributed by atoms with Crippen molar-refractivity contribution < 1.29 is 32.3 Å². The summed E-state index contributed by atoms with van der Waals surface area (Å²) >= 11 is 0. The average Bonchev–Trinajstić information content (AvgIpc) is 2.70. The number of benzene rings is 1. The molecule has 0 aromatic heterocycles. The van der Waals surface area contributed by atoms with E-state index in [0.717, 1.165) is 29.2 Å². The lowest BCUT2D eigenvalue weighted by atomic mass is 10.0. The third-order valence-corrected chi connectivity index (χ3v) is 3.58. The number of urea groups is 1. The van der Waals surface area contributed by atoms with Gasteiger partial charge in [-0.3, -0.25) is 14.5 Å². The van der Waals surface area contributed by atoms with Crippen LogP contribution in [-0.4, -0.2) is 48.5 Å². The normalized spacial score (nSPS) is 20.6. The van der Waals surface area contributed by atoms with Gasteiger partial charge in [0.15, 0.2) is 0 Å². The number of amides is 4. The Morgan fingerprint density at radius 1 is 1.28 bits per heavy atom. The summed E-state index contributed by atoms with van der Waals surface area (Å²) < 4.78 is 42.3. The fourth-order valence-corrected chi connectivity index (χ4v) is 2.36. The zero-order valence-electron chi connectivity index (χ0n) is 13.4. The first-order valence-corrected chi connectivity index (χ1v) is 7.17. The van der Waals surface area contributed by atoms with Crippen molar-refractivity contribution in [2.45, 2.75) is 18.6 Å². The van der Waals surface area contributed by atoms with Crippen LogP contribution < -0.4 is 10.6 Å². The maximum Gasteiger partial charge on any atom is 0.416 e. The Hall–Kier alpha value is -2.62. The quantitative estimate of drug-likeness (QED) is 0.782. The lowest BCUT2D eigenvalue weighted by molar-refractivity contribution is -0.137. The van der Waals surface area contributed by atoms with E-state index in [9.17, 15) is 27.6 Å². The van der Waals surface area contributed by atoms with Crippen LogP contribution in [0.25, 0.3) is 0 Å². The Morgan fingerprint density at radius 3 is 2.40 bits per heavy atom. The minimum Gasteiger partial charge on any atom is -0.382 e. The van der Waals surface area contributed by atoms with E-state index in [0.29, 0.717) is 0 Å². The smallest absolute Gasteiger partial charge is 0.382 e. The number of imide groups is 1. The molecule has 2 N–H and O–H groups in total. The largest absolute Gasteiger partial charge is 0.416 e. The van der Waals surface area contributed by atoms with Crippen LogP contribution in [-0.2, 0) is 20.5 Å². The maximum absolute atomic E-state index is 12.5. The Balaban J connectivity index is 2.01. The van der Waals surface area contributed by atoms with Gasteiger partial charge in [0, 0.05) is 12.8 Å². The highest BCUT2D eigenvalue weighted by Crippen LogP contribution is 2.29. The van der Waals surface area contributed by atoms with Crippen molar-refractivity contribution in [1.29, 1.82) is 0 Å². The number of alkyl halides is 3. The highest BCUT2D eigenvalue weighted by atomic mass is 19.4. The van der Waals surface area contributed by atoms with E-state index >= 15 is 0 Å². The van der Waals surface area contributed by atoms with Gasteiger partial charge in [0.2, 0.25) is 5.91 Å². The van der Waals surface area contributed by atoms with Crippen molar-refractivity contribution in [3.63, 3.8) is 0 Å². The lowest BCUT2D eigenvalue weighted by Gasteiger charge is -2.20. The molecular weight excluding hydrogens is 343 g/mol. The number of nitrogens with zero attached hydrogens (tertiary/aromatic N) is 1. The SMILES string of the molecule is COC[C@]1(C)NC(=O)N(CC(=O)Nc2ccc(C(F)(F)F)cc2)C1=O. The number of carbonyl (C=O) groups excluding carboxylic acids is 3. The second-order valence-corrected chi connectivity index (χ2v) is 5.71. The molecule has 1 atom stereocenters. The van der Waals surface area contributed by atoms with E-state index in [1.54, 1.807) is 0 Å². The molecule has 4 amide bonds. The number of ether oxygens (including phenoxy) is 1. The first kappa shape index (κ1) is 18.7. The van der Waals surface area contributed by atoms with Crippen molar-refractivity contribution in [1.82, 2.24) is 10.2 Å². The summed E-state index contributed by atoms with van der Waals surface area (Å²) in [4.78, 5) is 36.8. The Labute approximate surface area is 141 Å². The molecule has 1 aliphatic rings. The fraction of sp³-hybridized carbons (Fsp3) is 0.400. The molecule has 10 heteroatoms. The summed E-state index contributed by atoms with van der Waals surface area (Å²) in [5.41, 5.74) is -2.00. The van der Waals surface area contributed by atoms with E-state index in [4.69, 9.17) is 4.74 Å². The molecule has 0 spiro atoms. The van der Waals surface area contributed by atoms with E-state index < -0.39 is 41.7 Å². The molecule has 1 aliphatic heterocycles. The molecule has 0 saturated carbocycles. The molecule has 0 unspecified atom stereocenters. The van der Waals surface area contributed by atoms with Gasteiger partial charge in [-0.05, 0) is 31.2 Å². The summed E-state index contributed by atoms with van der Waals surface area (Å²) in [6.45, 7) is 0.837. The summed E-state index contributed by atoms with van der Waals surface area (Å²) in [5.74, 6) is -1.34. The molecule has 2 rings (SSSR count). The highest BCUT2D eigenvalue weighted by Gasteiger charge is 2.48. The van der Waals surface area contributed by atoms with Gasteiger partial charge in [0.05, 0.1) is 12.2 Å². The second kappa shape index (κ2) is 6.71. The molecule has 136 valence electrons. The van der Waals surface area contributed by atoms with Gasteiger partial charge in [-0.15, -0.1) is 0 Å². The number of methoxy groups -OCH3 is 1. The highest BCUT2D eigenvalue weighted by molar-refractivity contribution is 6.10. The van der Waals surface area contributed by atoms with Gasteiger partial charge in [0.25, 0.3) is 5.91 Å². The number of hydrogen-bond donors (Lipinski definition) is 2. The van der Waals surface area contributed by atoms with Gasteiger partial charge in [-0.1, -0.05) is 0 Å². The third kappa shape index (κ3) is 4.08. The summed E-state index contributed by atoms with van der Waals surface area (Å²) in [7, 11) is 1.37. The predicted octanol–water partition coefficient (Wildman–Crippen LogP) is 1.60. The van der Waals surface area contributed by atoms with Gasteiger partial charge >= 0.3 is 12.2 Å². The number of rotatable bonds is 5. The number of hydrogen-bond acceptors (Lipinski definition) is 4.